The molecule has 0 fully saturated rings. The molecule has 5 aromatic rings. The highest BCUT2D eigenvalue weighted by atomic mass is 16.6. The lowest BCUT2D eigenvalue weighted by atomic mass is 9.96. The van der Waals surface area contributed by atoms with Crippen molar-refractivity contribution in [3.05, 3.63) is 127 Å². The van der Waals surface area contributed by atoms with Crippen molar-refractivity contribution in [2.75, 3.05) is 5.32 Å². The fraction of sp³-hybridized carbons (Fsp3) is 0.0625. The molecule has 0 unspecified atom stereocenters. The van der Waals surface area contributed by atoms with Gasteiger partial charge in [-0.05, 0) is 41.1 Å². The Balaban J connectivity index is 1.57. The first kappa shape index (κ1) is 26.3. The molecular weight excluding hydrogens is 508 g/mol. The summed E-state index contributed by atoms with van der Waals surface area (Å²) in [4.78, 5) is 25.3. The molecule has 200 valence electrons. The number of benzene rings is 5. The van der Waals surface area contributed by atoms with Crippen LogP contribution in [0.25, 0.3) is 21.5 Å². The number of para-hydroxylation sites is 1. The van der Waals surface area contributed by atoms with Gasteiger partial charge in [-0.25, -0.2) is 10.3 Å². The lowest BCUT2D eigenvalue weighted by Gasteiger charge is -2.27. The van der Waals surface area contributed by atoms with Gasteiger partial charge in [0.05, 0.1) is 5.69 Å². The first-order valence-electron chi connectivity index (χ1n) is 12.5. The van der Waals surface area contributed by atoms with Gasteiger partial charge in [-0.1, -0.05) is 84.9 Å². The van der Waals surface area contributed by atoms with E-state index in [0.29, 0.717) is 27.8 Å². The second-order valence-electron chi connectivity index (χ2n) is 8.93. The summed E-state index contributed by atoms with van der Waals surface area (Å²) in [6, 6.07) is 32.4. The third kappa shape index (κ3) is 5.87. The Labute approximate surface area is 230 Å². The van der Waals surface area contributed by atoms with Crippen molar-refractivity contribution < 1.29 is 29.4 Å². The number of rotatable bonds is 8. The summed E-state index contributed by atoms with van der Waals surface area (Å²) < 4.78 is 12.2. The number of aromatic hydroxyl groups is 1. The average Bonchev–Trinajstić information content (AvgIpc) is 2.99. The summed E-state index contributed by atoms with van der Waals surface area (Å²) in [5, 5.41) is 25.3. The first-order chi connectivity index (χ1) is 19.5. The number of carbonyl (C=O) groups excluding carboxylic acids is 2. The predicted octanol–water partition coefficient (Wildman–Crippen LogP) is 6.50. The van der Waals surface area contributed by atoms with E-state index >= 15 is 0 Å². The Morgan fingerprint density at radius 1 is 0.750 bits per heavy atom. The molecule has 0 spiro atoms. The second-order valence-corrected chi connectivity index (χ2v) is 8.93. The number of phenols is 1. The summed E-state index contributed by atoms with van der Waals surface area (Å²) in [7, 11) is 0. The lowest BCUT2D eigenvalue weighted by molar-refractivity contribution is -0.124. The smallest absolute Gasteiger partial charge is 0.412 e. The summed E-state index contributed by atoms with van der Waals surface area (Å²) in [5.74, 6) is -0.252. The third-order valence-electron chi connectivity index (χ3n) is 6.36. The largest absolute Gasteiger partial charge is 0.507 e. The van der Waals surface area contributed by atoms with Crippen LogP contribution in [0.3, 0.4) is 0 Å². The van der Waals surface area contributed by atoms with E-state index in [1.54, 1.807) is 66.1 Å². The molecule has 0 aromatic heterocycles. The van der Waals surface area contributed by atoms with Crippen molar-refractivity contribution in [1.29, 1.82) is 0 Å². The highest BCUT2D eigenvalue weighted by Crippen LogP contribution is 2.36. The monoisotopic (exact) mass is 534 g/mol. The number of nitrogens with one attached hydrogen (secondary N) is 2. The number of hydrogen-bond acceptors (Lipinski definition) is 6. The van der Waals surface area contributed by atoms with Crippen molar-refractivity contribution in [3.63, 3.8) is 0 Å². The number of hydrogen-bond donors (Lipinski definition) is 4. The molecule has 40 heavy (non-hydrogen) atoms. The number of fused-ring (bicyclic) bond motifs is 2. The SMILES string of the molecule is O=C(/C=C/[C@H](Oc1ccccc1)[C@@H](OC(=O)Nc1cccc2ccccc12)c1ccc(O)c2ccccc12)NO. The minimum absolute atomic E-state index is 0.0639. The zero-order chi connectivity index (χ0) is 27.9. The van der Waals surface area contributed by atoms with Gasteiger partial charge in [0.25, 0.3) is 5.91 Å². The normalized spacial score (nSPS) is 12.6. The minimum Gasteiger partial charge on any atom is -0.507 e. The van der Waals surface area contributed by atoms with Gasteiger partial charge in [0.2, 0.25) is 0 Å². The molecule has 4 N–H and O–H groups in total. The lowest BCUT2D eigenvalue weighted by Crippen LogP contribution is -2.30. The maximum Gasteiger partial charge on any atom is 0.412 e. The fourth-order valence-corrected chi connectivity index (χ4v) is 4.53. The van der Waals surface area contributed by atoms with Crippen molar-refractivity contribution in [3.8, 4) is 11.5 Å². The van der Waals surface area contributed by atoms with E-state index < -0.39 is 24.2 Å². The fourth-order valence-electron chi connectivity index (χ4n) is 4.53. The van der Waals surface area contributed by atoms with Crippen molar-refractivity contribution >= 4 is 39.2 Å². The molecule has 2 atom stereocenters. The van der Waals surface area contributed by atoms with E-state index in [1.165, 1.54) is 12.1 Å². The maximum absolute atomic E-state index is 13.4. The third-order valence-corrected chi connectivity index (χ3v) is 6.36. The van der Waals surface area contributed by atoms with Crippen LogP contribution in [0.1, 0.15) is 11.7 Å². The van der Waals surface area contributed by atoms with E-state index in [1.807, 2.05) is 42.5 Å². The zero-order valence-corrected chi connectivity index (χ0v) is 21.2. The highest BCUT2D eigenvalue weighted by Gasteiger charge is 2.30. The van der Waals surface area contributed by atoms with Crippen LogP contribution in [0.2, 0.25) is 0 Å². The molecule has 0 heterocycles. The van der Waals surface area contributed by atoms with E-state index in [-0.39, 0.29) is 5.75 Å². The van der Waals surface area contributed by atoms with Crippen LogP contribution in [0.5, 0.6) is 11.5 Å². The molecule has 5 rings (SSSR count). The van der Waals surface area contributed by atoms with Gasteiger partial charge in [-0.2, -0.15) is 0 Å². The molecule has 0 saturated heterocycles. The maximum atomic E-state index is 13.4. The molecule has 0 aliphatic rings. The first-order valence-corrected chi connectivity index (χ1v) is 12.5. The van der Waals surface area contributed by atoms with E-state index in [0.717, 1.165) is 16.8 Å². The number of phenolic OH excluding ortho intramolecular Hbond substituents is 1. The number of anilines is 1. The molecule has 8 nitrogen and oxygen atoms in total. The van der Waals surface area contributed by atoms with Crippen LogP contribution in [-0.2, 0) is 9.53 Å². The Morgan fingerprint density at radius 2 is 1.43 bits per heavy atom. The van der Waals surface area contributed by atoms with Crippen LogP contribution in [-0.4, -0.2) is 28.4 Å². The molecule has 2 amide bonds. The Bertz CT molecular complexity index is 1680. The average molecular weight is 535 g/mol. The molecular formula is C32H26N2O6. The van der Waals surface area contributed by atoms with E-state index in [9.17, 15) is 14.7 Å². The Hall–Kier alpha value is -5.34. The standard InChI is InChI=1S/C32H26N2O6/c35-28-18-17-26(24-14-6-7-15-25(24)28)31(29(19-20-30(36)34-38)39-22-11-2-1-3-12-22)40-32(37)33-27-16-8-10-21-9-4-5-13-23(21)27/h1-20,29,31,35,38H,(H,33,37)(H,34,36)/b20-19+/t29-,31-/m0/s1. The van der Waals surface area contributed by atoms with Crippen LogP contribution in [0.4, 0.5) is 10.5 Å². The summed E-state index contributed by atoms with van der Waals surface area (Å²) in [6.45, 7) is 0. The molecule has 0 aliphatic heterocycles. The van der Waals surface area contributed by atoms with Crippen LogP contribution in [0, 0.1) is 0 Å². The summed E-state index contributed by atoms with van der Waals surface area (Å²) in [6.07, 6.45) is -0.347. The summed E-state index contributed by atoms with van der Waals surface area (Å²) in [5.41, 5.74) is 2.66. The molecule has 0 bridgehead atoms. The second kappa shape index (κ2) is 12.0. The van der Waals surface area contributed by atoms with Crippen LogP contribution >= 0.6 is 0 Å². The summed E-state index contributed by atoms with van der Waals surface area (Å²) >= 11 is 0. The minimum atomic E-state index is -1.08. The van der Waals surface area contributed by atoms with Gasteiger partial charge < -0.3 is 14.6 Å². The quantitative estimate of drug-likeness (QED) is 0.103. The van der Waals surface area contributed by atoms with Gasteiger partial charge in [0.15, 0.2) is 12.2 Å². The van der Waals surface area contributed by atoms with Crippen LogP contribution < -0.4 is 15.5 Å². The van der Waals surface area contributed by atoms with Gasteiger partial charge >= 0.3 is 6.09 Å². The number of hydroxylamine groups is 1. The van der Waals surface area contributed by atoms with Crippen molar-refractivity contribution in [2.24, 2.45) is 0 Å². The molecule has 0 aliphatic carbocycles. The number of carbonyl (C=O) groups is 2. The van der Waals surface area contributed by atoms with E-state index in [4.69, 9.17) is 14.7 Å². The Morgan fingerprint density at radius 3 is 2.20 bits per heavy atom. The predicted molar refractivity (Wildman–Crippen MR) is 152 cm³/mol. The Kier molecular flexibility index (Phi) is 7.89. The van der Waals surface area contributed by atoms with Gasteiger partial charge in [-0.3, -0.25) is 15.3 Å². The number of amides is 2. The number of ether oxygens (including phenoxy) is 2. The van der Waals surface area contributed by atoms with Gasteiger partial charge in [0.1, 0.15) is 11.5 Å². The molecule has 0 saturated carbocycles. The molecule has 8 heteroatoms. The van der Waals surface area contributed by atoms with E-state index in [2.05, 4.69) is 5.32 Å². The molecule has 0 radical (unpaired) electrons. The van der Waals surface area contributed by atoms with Crippen molar-refractivity contribution in [2.45, 2.75) is 12.2 Å². The topological polar surface area (TPSA) is 117 Å². The zero-order valence-electron chi connectivity index (χ0n) is 21.2. The van der Waals surface area contributed by atoms with Gasteiger partial charge in [0, 0.05) is 22.4 Å². The highest BCUT2D eigenvalue weighted by molar-refractivity contribution is 6.00. The van der Waals surface area contributed by atoms with Crippen molar-refractivity contribution in [1.82, 2.24) is 5.48 Å². The molecule has 5 aromatic carbocycles. The van der Waals surface area contributed by atoms with Gasteiger partial charge in [-0.15, -0.1) is 0 Å². The van der Waals surface area contributed by atoms with Crippen LogP contribution in [0.15, 0.2) is 121 Å².